The molecule has 0 spiro atoms. The Morgan fingerprint density at radius 2 is 1.91 bits per heavy atom. The van der Waals surface area contributed by atoms with E-state index in [1.807, 2.05) is 13.8 Å². The van der Waals surface area contributed by atoms with E-state index in [1.54, 1.807) is 36.5 Å². The summed E-state index contributed by atoms with van der Waals surface area (Å²) in [6.07, 6.45) is 1.56. The molecule has 0 aliphatic carbocycles. The zero-order valence-corrected chi connectivity index (χ0v) is 12.6. The number of carbonyl (C=O) groups is 1. The summed E-state index contributed by atoms with van der Waals surface area (Å²) < 4.78 is 11.0. The predicted octanol–water partition coefficient (Wildman–Crippen LogP) is 2.71. The number of amides is 1. The van der Waals surface area contributed by atoms with Crippen molar-refractivity contribution in [2.45, 2.75) is 13.8 Å². The third-order valence-electron chi connectivity index (χ3n) is 2.86. The van der Waals surface area contributed by atoms with Crippen molar-refractivity contribution < 1.29 is 14.3 Å². The Kier molecular flexibility index (Phi) is 5.19. The van der Waals surface area contributed by atoms with Crippen LogP contribution < -0.4 is 20.5 Å². The van der Waals surface area contributed by atoms with Gasteiger partial charge in [0, 0.05) is 18.3 Å². The Labute approximate surface area is 129 Å². The summed E-state index contributed by atoms with van der Waals surface area (Å²) in [5, 5.41) is 2.78. The first-order valence-electron chi connectivity index (χ1n) is 7.07. The SMILES string of the molecule is CCOc1cc(NC(=O)c2ccccn2)c(OCC)cc1N. The zero-order chi connectivity index (χ0) is 15.9. The van der Waals surface area contributed by atoms with Crippen LogP contribution in [0.2, 0.25) is 0 Å². The molecule has 2 aromatic rings. The number of pyridine rings is 1. The number of hydrogen-bond donors (Lipinski definition) is 2. The van der Waals surface area contributed by atoms with Crippen molar-refractivity contribution in [2.24, 2.45) is 0 Å². The van der Waals surface area contributed by atoms with Crippen LogP contribution in [-0.4, -0.2) is 24.1 Å². The topological polar surface area (TPSA) is 86.5 Å². The minimum atomic E-state index is -0.325. The molecule has 0 bridgehead atoms. The van der Waals surface area contributed by atoms with E-state index in [2.05, 4.69) is 10.3 Å². The number of aromatic nitrogens is 1. The van der Waals surface area contributed by atoms with Crippen LogP contribution in [0.5, 0.6) is 11.5 Å². The number of rotatable bonds is 6. The van der Waals surface area contributed by atoms with Gasteiger partial charge in [-0.15, -0.1) is 0 Å². The van der Waals surface area contributed by atoms with E-state index in [4.69, 9.17) is 15.2 Å². The van der Waals surface area contributed by atoms with Gasteiger partial charge in [-0.05, 0) is 26.0 Å². The molecule has 0 aliphatic rings. The number of benzene rings is 1. The Bertz CT molecular complexity index is 645. The van der Waals surface area contributed by atoms with E-state index in [0.717, 1.165) is 0 Å². The van der Waals surface area contributed by atoms with Crippen molar-refractivity contribution in [1.29, 1.82) is 0 Å². The highest BCUT2D eigenvalue weighted by atomic mass is 16.5. The normalized spacial score (nSPS) is 10.1. The molecule has 22 heavy (non-hydrogen) atoms. The molecule has 1 aromatic carbocycles. The molecule has 6 heteroatoms. The number of hydrogen-bond acceptors (Lipinski definition) is 5. The Hall–Kier alpha value is -2.76. The molecule has 1 amide bonds. The molecule has 0 saturated carbocycles. The standard InChI is InChI=1S/C16H19N3O3/c1-3-21-14-10-13(15(22-4-2)9-11(14)17)19-16(20)12-7-5-6-8-18-12/h5-10H,3-4,17H2,1-2H3,(H,19,20). The summed E-state index contributed by atoms with van der Waals surface area (Å²) in [5.74, 6) is 0.670. The first kappa shape index (κ1) is 15.6. The molecule has 3 N–H and O–H groups in total. The Balaban J connectivity index is 2.31. The average molecular weight is 301 g/mol. The molecule has 1 aromatic heterocycles. The van der Waals surface area contributed by atoms with Crippen LogP contribution in [0.4, 0.5) is 11.4 Å². The molecule has 0 aliphatic heterocycles. The molecular formula is C16H19N3O3. The van der Waals surface area contributed by atoms with E-state index in [1.165, 1.54) is 0 Å². The van der Waals surface area contributed by atoms with Gasteiger partial charge in [-0.2, -0.15) is 0 Å². The van der Waals surface area contributed by atoms with Crippen molar-refractivity contribution in [2.75, 3.05) is 24.3 Å². The molecular weight excluding hydrogens is 282 g/mol. The summed E-state index contributed by atoms with van der Waals surface area (Å²) in [6, 6.07) is 8.43. The van der Waals surface area contributed by atoms with Crippen molar-refractivity contribution in [3.05, 3.63) is 42.2 Å². The summed E-state index contributed by atoms with van der Waals surface area (Å²) >= 11 is 0. The summed E-state index contributed by atoms with van der Waals surface area (Å²) in [4.78, 5) is 16.2. The third kappa shape index (κ3) is 3.66. The number of nitrogen functional groups attached to an aromatic ring is 1. The van der Waals surface area contributed by atoms with Gasteiger partial charge in [-0.1, -0.05) is 6.07 Å². The highest BCUT2D eigenvalue weighted by Crippen LogP contribution is 2.35. The maximum Gasteiger partial charge on any atom is 0.274 e. The lowest BCUT2D eigenvalue weighted by molar-refractivity contribution is 0.102. The van der Waals surface area contributed by atoms with Gasteiger partial charge >= 0.3 is 0 Å². The second kappa shape index (κ2) is 7.31. The molecule has 2 rings (SSSR count). The lowest BCUT2D eigenvalue weighted by Crippen LogP contribution is -2.14. The number of nitrogens with one attached hydrogen (secondary N) is 1. The Morgan fingerprint density at radius 3 is 2.55 bits per heavy atom. The van der Waals surface area contributed by atoms with Crippen LogP contribution in [0.15, 0.2) is 36.5 Å². The number of anilines is 2. The fraction of sp³-hybridized carbons (Fsp3) is 0.250. The predicted molar refractivity (Wildman–Crippen MR) is 85.4 cm³/mol. The van der Waals surface area contributed by atoms with Gasteiger partial charge in [0.05, 0.1) is 24.6 Å². The Morgan fingerprint density at radius 1 is 1.18 bits per heavy atom. The van der Waals surface area contributed by atoms with E-state index in [-0.39, 0.29) is 5.91 Å². The number of nitrogens with two attached hydrogens (primary N) is 1. The fourth-order valence-corrected chi connectivity index (χ4v) is 1.91. The van der Waals surface area contributed by atoms with Crippen LogP contribution in [0, 0.1) is 0 Å². The van der Waals surface area contributed by atoms with Crippen molar-refractivity contribution in [3.63, 3.8) is 0 Å². The molecule has 1 heterocycles. The molecule has 116 valence electrons. The van der Waals surface area contributed by atoms with Crippen LogP contribution in [0.3, 0.4) is 0 Å². The smallest absolute Gasteiger partial charge is 0.274 e. The highest BCUT2D eigenvalue weighted by molar-refractivity contribution is 6.04. The summed E-state index contributed by atoms with van der Waals surface area (Å²) in [7, 11) is 0. The van der Waals surface area contributed by atoms with Crippen LogP contribution in [0.25, 0.3) is 0 Å². The first-order chi connectivity index (χ1) is 10.7. The number of nitrogens with zero attached hydrogens (tertiary/aromatic N) is 1. The largest absolute Gasteiger partial charge is 0.492 e. The molecule has 0 fully saturated rings. The van der Waals surface area contributed by atoms with Crippen LogP contribution >= 0.6 is 0 Å². The van der Waals surface area contributed by atoms with Crippen molar-refractivity contribution in [3.8, 4) is 11.5 Å². The van der Waals surface area contributed by atoms with Gasteiger partial charge < -0.3 is 20.5 Å². The second-order valence-corrected chi connectivity index (χ2v) is 4.42. The van der Waals surface area contributed by atoms with Crippen molar-refractivity contribution in [1.82, 2.24) is 4.98 Å². The first-order valence-corrected chi connectivity index (χ1v) is 7.07. The maximum absolute atomic E-state index is 12.2. The van der Waals surface area contributed by atoms with E-state index < -0.39 is 0 Å². The van der Waals surface area contributed by atoms with Crippen LogP contribution in [0.1, 0.15) is 24.3 Å². The fourth-order valence-electron chi connectivity index (χ4n) is 1.91. The van der Waals surface area contributed by atoms with Gasteiger partial charge in [-0.3, -0.25) is 9.78 Å². The average Bonchev–Trinajstić information content (AvgIpc) is 2.53. The van der Waals surface area contributed by atoms with Gasteiger partial charge in [-0.25, -0.2) is 0 Å². The second-order valence-electron chi connectivity index (χ2n) is 4.42. The third-order valence-corrected chi connectivity index (χ3v) is 2.86. The summed E-state index contributed by atoms with van der Waals surface area (Å²) in [6.45, 7) is 4.66. The monoisotopic (exact) mass is 301 g/mol. The molecule has 0 saturated heterocycles. The lowest BCUT2D eigenvalue weighted by Gasteiger charge is -2.15. The number of carbonyl (C=O) groups excluding carboxylic acids is 1. The van der Waals surface area contributed by atoms with E-state index >= 15 is 0 Å². The van der Waals surface area contributed by atoms with Gasteiger partial charge in [0.25, 0.3) is 5.91 Å². The van der Waals surface area contributed by atoms with E-state index in [9.17, 15) is 4.79 Å². The van der Waals surface area contributed by atoms with Gasteiger partial charge in [0.2, 0.25) is 0 Å². The van der Waals surface area contributed by atoms with Gasteiger partial charge in [0.15, 0.2) is 0 Å². The quantitative estimate of drug-likeness (QED) is 0.801. The number of ether oxygens (including phenoxy) is 2. The minimum absolute atomic E-state index is 0.319. The molecule has 0 radical (unpaired) electrons. The lowest BCUT2D eigenvalue weighted by atomic mass is 10.2. The molecule has 6 nitrogen and oxygen atoms in total. The highest BCUT2D eigenvalue weighted by Gasteiger charge is 2.14. The van der Waals surface area contributed by atoms with E-state index in [0.29, 0.717) is 41.8 Å². The minimum Gasteiger partial charge on any atom is -0.492 e. The van der Waals surface area contributed by atoms with Crippen LogP contribution in [-0.2, 0) is 0 Å². The summed E-state index contributed by atoms with van der Waals surface area (Å²) in [5.41, 5.74) is 7.19. The molecule has 0 atom stereocenters. The maximum atomic E-state index is 12.2. The molecule has 0 unspecified atom stereocenters. The van der Waals surface area contributed by atoms with Crippen molar-refractivity contribution >= 4 is 17.3 Å². The zero-order valence-electron chi connectivity index (χ0n) is 12.6. The van der Waals surface area contributed by atoms with Gasteiger partial charge in [0.1, 0.15) is 17.2 Å².